The van der Waals surface area contributed by atoms with Crippen LogP contribution in [0.15, 0.2) is 42.7 Å². The average Bonchev–Trinajstić information content (AvgIpc) is 3.34. The number of hydrogen-bond donors (Lipinski definition) is 1. The summed E-state index contributed by atoms with van der Waals surface area (Å²) in [4.78, 5) is 5.06. The quantitative estimate of drug-likeness (QED) is 0.580. The number of nitrogens with zero attached hydrogens (tertiary/aromatic N) is 5. The predicted octanol–water partition coefficient (Wildman–Crippen LogP) is 3.38. The maximum atomic E-state index is 13.7. The van der Waals surface area contributed by atoms with Crippen molar-refractivity contribution < 1.29 is 30.6 Å². The van der Waals surface area contributed by atoms with Crippen LogP contribution in [0.1, 0.15) is 18.0 Å². The van der Waals surface area contributed by atoms with Crippen molar-refractivity contribution in [1.29, 1.82) is 0 Å². The molecule has 0 bridgehead atoms. The lowest BCUT2D eigenvalue weighted by molar-refractivity contribution is -0.0977. The normalized spacial score (nSPS) is 28.8. The van der Waals surface area contributed by atoms with Crippen molar-refractivity contribution in [2.75, 3.05) is 62.6 Å². The summed E-state index contributed by atoms with van der Waals surface area (Å²) in [7, 11) is 0. The van der Waals surface area contributed by atoms with E-state index in [-0.39, 0.29) is 37.7 Å². The molecule has 2 aliphatic rings. The van der Waals surface area contributed by atoms with Crippen LogP contribution in [0, 0.1) is 18.6 Å². The van der Waals surface area contributed by atoms with Gasteiger partial charge in [-0.1, -0.05) is 0 Å². The summed E-state index contributed by atoms with van der Waals surface area (Å²) in [5.74, 6) is -1.62. The van der Waals surface area contributed by atoms with Gasteiger partial charge >= 0.3 is 0 Å². The fourth-order valence-electron chi connectivity index (χ4n) is 3.55. The molecule has 0 radical (unpaired) electrons. The van der Waals surface area contributed by atoms with E-state index in [1.165, 1.54) is 18.5 Å². The Hall–Kier alpha value is -3.08. The number of aromatic nitrogens is 3. The molecule has 10 heteroatoms. The molecule has 2 aliphatic heterocycles. The van der Waals surface area contributed by atoms with Crippen LogP contribution in [0.4, 0.5) is 26.1 Å². The highest BCUT2D eigenvalue weighted by atomic mass is 19.1. The van der Waals surface area contributed by atoms with Gasteiger partial charge in [-0.15, -0.1) is 5.10 Å². The van der Waals surface area contributed by atoms with Crippen LogP contribution in [0.25, 0.3) is 5.69 Å². The number of benzene rings is 2. The van der Waals surface area contributed by atoms with E-state index in [9.17, 15) is 8.78 Å². The van der Waals surface area contributed by atoms with Crippen LogP contribution < -0.4 is 10.2 Å². The summed E-state index contributed by atoms with van der Waals surface area (Å²) < 4.78 is 109. The largest absolute Gasteiger partial charge is 0.376 e. The second kappa shape index (κ2) is 10.0. The van der Waals surface area contributed by atoms with E-state index in [2.05, 4.69) is 15.4 Å². The number of aryl methyl sites for hydroxylation is 1. The van der Waals surface area contributed by atoms with Gasteiger partial charge in [-0.2, -0.15) is 4.98 Å². The van der Waals surface area contributed by atoms with Gasteiger partial charge in [0.05, 0.1) is 37.1 Å². The van der Waals surface area contributed by atoms with Gasteiger partial charge in [-0.25, -0.2) is 13.5 Å². The molecule has 2 aromatic carbocycles. The molecule has 3 aromatic rings. The zero-order chi connectivity index (χ0) is 30.7. The topological polar surface area (TPSA) is 67.7 Å². The number of piperazine rings is 1. The first kappa shape index (κ1) is 15.0. The summed E-state index contributed by atoms with van der Waals surface area (Å²) >= 11 is 0. The molecule has 1 N–H and O–H groups in total. The molecule has 1 aromatic heterocycles. The zero-order valence-electron chi connectivity index (χ0n) is 26.3. The molecule has 1 atom stereocenters. The molecule has 34 heavy (non-hydrogen) atoms. The second-order valence-electron chi connectivity index (χ2n) is 7.78. The van der Waals surface area contributed by atoms with E-state index in [1.54, 1.807) is 13.0 Å². The molecule has 0 amide bonds. The van der Waals surface area contributed by atoms with Gasteiger partial charge < -0.3 is 19.7 Å². The van der Waals surface area contributed by atoms with Crippen LogP contribution in [-0.2, 0) is 9.47 Å². The smallest absolute Gasteiger partial charge is 0.246 e. The molecule has 182 valence electrons. The molecule has 3 heterocycles. The summed E-state index contributed by atoms with van der Waals surface area (Å²) in [5.41, 5.74) is 0.677. The third-order valence-corrected chi connectivity index (χ3v) is 5.04. The lowest BCUT2D eigenvalue weighted by Crippen LogP contribution is -2.50. The molecule has 2 saturated heterocycles. The van der Waals surface area contributed by atoms with Gasteiger partial charge in [0.25, 0.3) is 0 Å². The highest BCUT2D eigenvalue weighted by molar-refractivity contribution is 5.64. The Bertz CT molecular complexity index is 1420. The summed E-state index contributed by atoms with van der Waals surface area (Å²) in [6, 6.07) is 7.16. The number of anilines is 3. The number of hydrogen-bond acceptors (Lipinski definition) is 7. The first-order chi connectivity index (χ1) is 19.5. The number of ether oxygens (including phenoxy) is 2. The first-order valence-electron chi connectivity index (χ1n) is 14.6. The maximum Gasteiger partial charge on any atom is 0.246 e. The first-order valence-corrected chi connectivity index (χ1v) is 10.6. The molecule has 0 spiro atoms. The minimum Gasteiger partial charge on any atom is -0.376 e. The molecule has 1 unspecified atom stereocenters. The van der Waals surface area contributed by atoms with Gasteiger partial charge in [0, 0.05) is 56.9 Å². The highest BCUT2D eigenvalue weighted by Crippen LogP contribution is 2.25. The summed E-state index contributed by atoms with van der Waals surface area (Å²) in [5, 5.41) is 7.02. The number of nitrogens with one attached hydrogen (secondary N) is 1. The number of rotatable bonds is 6. The van der Waals surface area contributed by atoms with E-state index in [4.69, 9.17) is 20.4 Å². The van der Waals surface area contributed by atoms with E-state index in [0.29, 0.717) is 28.0 Å². The van der Waals surface area contributed by atoms with Crippen molar-refractivity contribution in [3.8, 4) is 5.69 Å². The highest BCUT2D eigenvalue weighted by Gasteiger charge is 2.23. The van der Waals surface area contributed by atoms with Gasteiger partial charge in [-0.05, 0) is 42.8 Å². The Labute approximate surface area is 209 Å². The van der Waals surface area contributed by atoms with Crippen molar-refractivity contribution in [3.05, 3.63) is 59.9 Å². The maximum absolute atomic E-state index is 13.7. The van der Waals surface area contributed by atoms with Crippen molar-refractivity contribution in [3.63, 3.8) is 0 Å². The molecule has 0 saturated carbocycles. The second-order valence-corrected chi connectivity index (χ2v) is 7.78. The molecule has 2 fully saturated rings. The average molecular weight is 481 g/mol. The van der Waals surface area contributed by atoms with E-state index in [1.807, 2.05) is 0 Å². The summed E-state index contributed by atoms with van der Waals surface area (Å²) in [6.45, 7) is -10.5. The van der Waals surface area contributed by atoms with E-state index >= 15 is 0 Å². The van der Waals surface area contributed by atoms with Crippen LogP contribution in [0.3, 0.4) is 0 Å². The standard InChI is InChI=1S/C24H28F2N6O2.H2/c1-17-8-20(28-24-27-16-32(29-24)22-11-18(25)10-19(26)12-22)13-21(9-17)31-4-2-30(3-5-31)14-23-15-33-6-7-34-23;/h8-13,16,23H,2-7,14-15H2,1H3,(H,28,29);1H/i2D2,3D2,4D2,5D2;. The van der Waals surface area contributed by atoms with E-state index < -0.39 is 50.3 Å². The van der Waals surface area contributed by atoms with E-state index in [0.717, 1.165) is 16.8 Å². The molecular weight excluding hydrogens is 442 g/mol. The Morgan fingerprint density at radius 3 is 2.59 bits per heavy atom. The Kier molecular flexibility index (Phi) is 4.44. The van der Waals surface area contributed by atoms with Gasteiger partial charge in [0.15, 0.2) is 0 Å². The van der Waals surface area contributed by atoms with Crippen molar-refractivity contribution in [2.24, 2.45) is 0 Å². The van der Waals surface area contributed by atoms with Crippen molar-refractivity contribution in [2.45, 2.75) is 13.0 Å². The fourth-order valence-corrected chi connectivity index (χ4v) is 3.55. The Balaban J connectivity index is 0.00000423. The Morgan fingerprint density at radius 1 is 1.06 bits per heavy atom. The Morgan fingerprint density at radius 2 is 1.85 bits per heavy atom. The molecular formula is C24H30F2N6O2. The van der Waals surface area contributed by atoms with Crippen LogP contribution in [0.2, 0.25) is 0 Å². The lowest BCUT2D eigenvalue weighted by atomic mass is 10.1. The van der Waals surface area contributed by atoms with Crippen LogP contribution in [-0.4, -0.2) is 78.1 Å². The fraction of sp³-hybridized carbons (Fsp3) is 0.417. The SMILES string of the molecule is [2H]C1([2H])N(CC2COCCO2)C([2H])([2H])C([2H])([2H])N(c2cc(C)cc(Nc3ncn(-c4cc(F)cc(F)c4)n3)c2)C1([2H])[2H].[HH]. The van der Waals surface area contributed by atoms with Crippen LogP contribution >= 0.6 is 0 Å². The monoisotopic (exact) mass is 480 g/mol. The third-order valence-electron chi connectivity index (χ3n) is 5.04. The van der Waals surface area contributed by atoms with Crippen LogP contribution in [0.5, 0.6) is 0 Å². The predicted molar refractivity (Wildman–Crippen MR) is 127 cm³/mol. The summed E-state index contributed by atoms with van der Waals surface area (Å²) in [6.07, 6.45) is 0.432. The van der Waals surface area contributed by atoms with Crippen molar-refractivity contribution >= 4 is 17.3 Å². The van der Waals surface area contributed by atoms with Gasteiger partial charge in [0.1, 0.15) is 18.0 Å². The molecule has 8 nitrogen and oxygen atoms in total. The number of halogens is 2. The molecule has 0 aliphatic carbocycles. The third kappa shape index (κ3) is 5.52. The zero-order valence-corrected chi connectivity index (χ0v) is 18.3. The van der Waals surface area contributed by atoms with Crippen molar-refractivity contribution in [1.82, 2.24) is 19.7 Å². The lowest BCUT2D eigenvalue weighted by Gasteiger charge is -2.38. The minimum atomic E-state index is -3.08. The van der Waals surface area contributed by atoms with Gasteiger partial charge in [0.2, 0.25) is 5.95 Å². The molecule has 5 rings (SSSR count). The van der Waals surface area contributed by atoms with Gasteiger partial charge in [-0.3, -0.25) is 4.90 Å². The minimum absolute atomic E-state index is 0.